The molecule has 0 fully saturated rings. The van der Waals surface area contributed by atoms with Crippen LogP contribution < -0.4 is 11.1 Å². The fourth-order valence-electron chi connectivity index (χ4n) is 5.35. The van der Waals surface area contributed by atoms with Gasteiger partial charge in [-0.15, -0.1) is 13.2 Å². The molecule has 0 aliphatic carbocycles. The van der Waals surface area contributed by atoms with E-state index in [0.717, 1.165) is 33.7 Å². The molecule has 0 amide bonds. The van der Waals surface area contributed by atoms with Crippen molar-refractivity contribution in [3.63, 3.8) is 0 Å². The van der Waals surface area contributed by atoms with Crippen LogP contribution >= 0.6 is 11.9 Å². The lowest BCUT2D eigenvalue weighted by Gasteiger charge is -2.29. The molecule has 5 rings (SSSR count). The first-order valence-corrected chi connectivity index (χ1v) is 16.7. The number of nitrogens with zero attached hydrogens (tertiary/aromatic N) is 1. The predicted molar refractivity (Wildman–Crippen MR) is 208 cm³/mol. The summed E-state index contributed by atoms with van der Waals surface area (Å²) in [6, 6.07) is 37.8. The van der Waals surface area contributed by atoms with E-state index < -0.39 is 6.10 Å². The van der Waals surface area contributed by atoms with E-state index >= 15 is 0 Å². The highest BCUT2D eigenvalue weighted by Gasteiger charge is 2.20. The molecule has 1 atom stereocenters. The topological polar surface area (TPSA) is 61.5 Å². The van der Waals surface area contributed by atoms with Crippen molar-refractivity contribution in [1.29, 1.82) is 0 Å². The van der Waals surface area contributed by atoms with Crippen molar-refractivity contribution in [2.45, 2.75) is 50.7 Å². The molecular formula is C42H51N3OS. The smallest absolute Gasteiger partial charge is 0.0800 e. The van der Waals surface area contributed by atoms with Gasteiger partial charge in [-0.25, -0.2) is 4.31 Å². The van der Waals surface area contributed by atoms with Gasteiger partial charge in [0.15, 0.2) is 0 Å². The van der Waals surface area contributed by atoms with Crippen LogP contribution in [0.15, 0.2) is 134 Å². The van der Waals surface area contributed by atoms with Gasteiger partial charge in [0.2, 0.25) is 0 Å². The van der Waals surface area contributed by atoms with Gasteiger partial charge < -0.3 is 16.2 Å². The second-order valence-electron chi connectivity index (χ2n) is 12.4. The Hall–Kier alpha value is -4.13. The van der Waals surface area contributed by atoms with Crippen molar-refractivity contribution >= 4 is 34.5 Å². The molecule has 5 aromatic carbocycles. The van der Waals surface area contributed by atoms with Gasteiger partial charge in [-0.2, -0.15) is 0 Å². The van der Waals surface area contributed by atoms with E-state index in [1.54, 1.807) is 11.9 Å². The van der Waals surface area contributed by atoms with E-state index in [4.69, 9.17) is 5.73 Å². The SMILES string of the molecule is C=C.C=Cc1ccccc1C.Cc1ccc(-c2ccc(SN(C)CC(O)CNC(C)(C)Cc3ccc4ccccc4c3)cc2)c(N)c1. The molecule has 47 heavy (non-hydrogen) atoms. The second kappa shape index (κ2) is 18.3. The van der Waals surface area contributed by atoms with E-state index in [2.05, 4.69) is 141 Å². The number of likely N-dealkylation sites (N-methyl/N-ethyl adjacent to an activating group) is 1. The molecule has 0 aromatic heterocycles. The van der Waals surface area contributed by atoms with Crippen molar-refractivity contribution in [3.05, 3.63) is 151 Å². The number of fused-ring (bicyclic) bond motifs is 1. The Labute approximate surface area is 287 Å². The van der Waals surface area contributed by atoms with Crippen LogP contribution in [0.25, 0.3) is 28.0 Å². The predicted octanol–water partition coefficient (Wildman–Crippen LogP) is 9.75. The standard InChI is InChI=1S/C31H37N3OS.C9H10.C2H4/c1-22-9-16-29(30(32)17-22)25-12-14-28(15-13-25)36-34(4)21-27(35)20-33-31(2,3)19-23-10-11-24-7-5-6-8-26(24)18-23;1-3-9-7-5-4-6-8(9)2;1-2/h5-18,27,33,35H,19-21,32H2,1-4H3;3-7H,1H2,2H3;1-2H2. The number of hydrogen-bond acceptors (Lipinski definition) is 5. The molecule has 0 heterocycles. The molecule has 1 unspecified atom stereocenters. The Morgan fingerprint density at radius 1 is 0.872 bits per heavy atom. The number of aliphatic hydroxyl groups excluding tert-OH is 1. The van der Waals surface area contributed by atoms with Crippen LogP contribution in [0.1, 0.15) is 36.1 Å². The number of nitrogens with one attached hydrogen (secondary N) is 1. The van der Waals surface area contributed by atoms with E-state index in [-0.39, 0.29) is 5.54 Å². The van der Waals surface area contributed by atoms with Crippen molar-refractivity contribution in [2.24, 2.45) is 0 Å². The van der Waals surface area contributed by atoms with Crippen LogP contribution in [0.2, 0.25) is 0 Å². The average molecular weight is 646 g/mol. The van der Waals surface area contributed by atoms with Gasteiger partial charge in [-0.3, -0.25) is 0 Å². The van der Waals surface area contributed by atoms with E-state index in [9.17, 15) is 5.11 Å². The quantitative estimate of drug-likeness (QED) is 0.0759. The number of nitrogen functional groups attached to an aromatic ring is 1. The molecule has 4 nitrogen and oxygen atoms in total. The van der Waals surface area contributed by atoms with Gasteiger partial charge >= 0.3 is 0 Å². The van der Waals surface area contributed by atoms with Crippen LogP contribution in [0.5, 0.6) is 0 Å². The molecular weight excluding hydrogens is 595 g/mol. The van der Waals surface area contributed by atoms with Crippen molar-refractivity contribution in [3.8, 4) is 11.1 Å². The van der Waals surface area contributed by atoms with Crippen LogP contribution in [0, 0.1) is 13.8 Å². The number of nitrogens with two attached hydrogens (primary N) is 1. The molecule has 0 saturated heterocycles. The third-order valence-corrected chi connectivity index (χ3v) is 8.73. The molecule has 0 aliphatic rings. The summed E-state index contributed by atoms with van der Waals surface area (Å²) in [5, 5.41) is 16.8. The normalized spacial score (nSPS) is 11.6. The summed E-state index contributed by atoms with van der Waals surface area (Å²) in [5.41, 5.74) is 14.0. The van der Waals surface area contributed by atoms with Crippen LogP contribution in [-0.4, -0.2) is 41.2 Å². The van der Waals surface area contributed by atoms with Gasteiger partial charge in [0.25, 0.3) is 0 Å². The second-order valence-corrected chi connectivity index (χ2v) is 13.6. The third kappa shape index (κ3) is 11.9. The van der Waals surface area contributed by atoms with Crippen LogP contribution in [-0.2, 0) is 6.42 Å². The highest BCUT2D eigenvalue weighted by atomic mass is 32.2. The van der Waals surface area contributed by atoms with Crippen LogP contribution in [0.4, 0.5) is 5.69 Å². The maximum atomic E-state index is 10.7. The summed E-state index contributed by atoms with van der Waals surface area (Å²) in [6.07, 6.45) is 2.30. The van der Waals surface area contributed by atoms with Gasteiger partial charge in [0, 0.05) is 34.8 Å². The lowest BCUT2D eigenvalue weighted by atomic mass is 9.93. The molecule has 0 saturated carbocycles. The molecule has 4 N–H and O–H groups in total. The summed E-state index contributed by atoms with van der Waals surface area (Å²) in [7, 11) is 2.01. The number of aliphatic hydroxyl groups is 1. The molecule has 0 aliphatic heterocycles. The maximum Gasteiger partial charge on any atom is 0.0800 e. The van der Waals surface area contributed by atoms with E-state index in [1.807, 2.05) is 38.2 Å². The van der Waals surface area contributed by atoms with Crippen molar-refractivity contribution in [1.82, 2.24) is 9.62 Å². The van der Waals surface area contributed by atoms with Crippen molar-refractivity contribution < 1.29 is 5.11 Å². The van der Waals surface area contributed by atoms with Gasteiger partial charge in [-0.1, -0.05) is 104 Å². The zero-order chi connectivity index (χ0) is 34.4. The zero-order valence-electron chi connectivity index (χ0n) is 28.7. The third-order valence-electron chi connectivity index (χ3n) is 7.79. The summed E-state index contributed by atoms with van der Waals surface area (Å²) >= 11 is 1.63. The zero-order valence-corrected chi connectivity index (χ0v) is 29.5. The molecule has 0 spiro atoms. The van der Waals surface area contributed by atoms with Gasteiger partial charge in [-0.05, 0) is 110 Å². The first-order valence-electron chi connectivity index (χ1n) is 16.0. The Morgan fingerprint density at radius 2 is 1.53 bits per heavy atom. The van der Waals surface area contributed by atoms with Crippen LogP contribution in [0.3, 0.4) is 0 Å². The number of rotatable bonds is 11. The van der Waals surface area contributed by atoms with E-state index in [1.165, 1.54) is 27.5 Å². The minimum atomic E-state index is -0.468. The highest BCUT2D eigenvalue weighted by molar-refractivity contribution is 7.97. The summed E-state index contributed by atoms with van der Waals surface area (Å²) < 4.78 is 2.08. The lowest BCUT2D eigenvalue weighted by Crippen LogP contribution is -2.46. The molecule has 0 bridgehead atoms. The number of β-amino-alcohol motifs (C(OH)–C–C–N with tert-alkyl or cyclic N) is 1. The molecule has 5 heteroatoms. The Bertz CT molecular complexity index is 1710. The number of hydrogen-bond donors (Lipinski definition) is 3. The van der Waals surface area contributed by atoms with Crippen molar-refractivity contribution in [2.75, 3.05) is 25.9 Å². The summed E-state index contributed by atoms with van der Waals surface area (Å²) in [5.74, 6) is 0. The Balaban J connectivity index is 0.000000466. The average Bonchev–Trinajstić information content (AvgIpc) is 3.06. The highest BCUT2D eigenvalue weighted by Crippen LogP contribution is 2.30. The largest absolute Gasteiger partial charge is 0.398 e. The molecule has 246 valence electrons. The summed E-state index contributed by atoms with van der Waals surface area (Å²) in [6.45, 7) is 19.3. The number of anilines is 1. The first-order chi connectivity index (χ1) is 22.5. The monoisotopic (exact) mass is 645 g/mol. The minimum absolute atomic E-state index is 0.122. The maximum absolute atomic E-state index is 10.7. The van der Waals surface area contributed by atoms with E-state index in [0.29, 0.717) is 13.1 Å². The van der Waals surface area contributed by atoms with Gasteiger partial charge in [0.05, 0.1) is 6.10 Å². The number of benzene rings is 5. The minimum Gasteiger partial charge on any atom is -0.398 e. The fourth-order valence-corrected chi connectivity index (χ4v) is 6.21. The first kappa shape index (κ1) is 37.3. The number of aryl methyl sites for hydroxylation is 2. The fraction of sp³-hybridized carbons (Fsp3) is 0.238. The Kier molecular flexibility index (Phi) is 14.5. The Morgan fingerprint density at radius 3 is 2.17 bits per heavy atom. The van der Waals surface area contributed by atoms with Gasteiger partial charge in [0.1, 0.15) is 0 Å². The molecule has 5 aromatic rings. The lowest BCUT2D eigenvalue weighted by molar-refractivity contribution is 0.142. The summed E-state index contributed by atoms with van der Waals surface area (Å²) in [4.78, 5) is 1.13. The molecule has 0 radical (unpaired) electrons.